The lowest BCUT2D eigenvalue weighted by atomic mass is 10.1. The van der Waals surface area contributed by atoms with E-state index in [0.717, 1.165) is 5.56 Å². The predicted octanol–water partition coefficient (Wildman–Crippen LogP) is 1.37. The van der Waals surface area contributed by atoms with E-state index < -0.39 is 0 Å². The number of anilines is 2. The lowest BCUT2D eigenvalue weighted by Gasteiger charge is -2.07. The Morgan fingerprint density at radius 2 is 2.12 bits per heavy atom. The third kappa shape index (κ3) is 2.57. The van der Waals surface area contributed by atoms with Crippen molar-refractivity contribution in [3.05, 3.63) is 47.9 Å². The molecule has 17 heavy (non-hydrogen) atoms. The molecule has 1 aromatic carbocycles. The number of hydrogen-bond donors (Lipinski definition) is 3. The minimum atomic E-state index is -0.233. The SMILES string of the molecule is Nc1ccc(C(=O)NCc2ccoc2)c(N)c1. The fraction of sp³-hybridized carbons (Fsp3) is 0.0833. The van der Waals surface area contributed by atoms with Crippen LogP contribution in [-0.4, -0.2) is 5.91 Å². The molecule has 0 atom stereocenters. The molecule has 5 nitrogen and oxygen atoms in total. The zero-order valence-corrected chi connectivity index (χ0v) is 9.14. The van der Waals surface area contributed by atoms with Crippen molar-refractivity contribution in [3.63, 3.8) is 0 Å². The Hall–Kier alpha value is -2.43. The summed E-state index contributed by atoms with van der Waals surface area (Å²) >= 11 is 0. The summed E-state index contributed by atoms with van der Waals surface area (Å²) in [5, 5.41) is 2.74. The molecule has 0 aliphatic rings. The van der Waals surface area contributed by atoms with Gasteiger partial charge in [0, 0.05) is 23.5 Å². The average Bonchev–Trinajstić information content (AvgIpc) is 2.78. The van der Waals surface area contributed by atoms with Crippen LogP contribution in [0.15, 0.2) is 41.2 Å². The maximum Gasteiger partial charge on any atom is 0.253 e. The highest BCUT2D eigenvalue weighted by Gasteiger charge is 2.09. The standard InChI is InChI=1S/C12H13N3O2/c13-9-1-2-10(11(14)5-9)12(16)15-6-8-3-4-17-7-8/h1-5,7H,6,13-14H2,(H,15,16). The molecule has 5 heteroatoms. The van der Waals surface area contributed by atoms with E-state index in [1.807, 2.05) is 0 Å². The van der Waals surface area contributed by atoms with E-state index in [9.17, 15) is 4.79 Å². The first-order chi connectivity index (χ1) is 8.16. The molecule has 0 unspecified atom stereocenters. The van der Waals surface area contributed by atoms with Crippen molar-refractivity contribution in [1.29, 1.82) is 0 Å². The van der Waals surface area contributed by atoms with Crippen LogP contribution in [0, 0.1) is 0 Å². The largest absolute Gasteiger partial charge is 0.472 e. The molecule has 0 aliphatic heterocycles. The van der Waals surface area contributed by atoms with Crippen LogP contribution in [0.1, 0.15) is 15.9 Å². The molecule has 0 bridgehead atoms. The molecule has 0 aliphatic carbocycles. The van der Waals surface area contributed by atoms with E-state index in [4.69, 9.17) is 15.9 Å². The molecular weight excluding hydrogens is 218 g/mol. The number of carbonyl (C=O) groups is 1. The van der Waals surface area contributed by atoms with Crippen molar-refractivity contribution in [2.75, 3.05) is 11.5 Å². The van der Waals surface area contributed by atoms with Crippen LogP contribution in [0.4, 0.5) is 11.4 Å². The van der Waals surface area contributed by atoms with Gasteiger partial charge in [-0.15, -0.1) is 0 Å². The molecule has 1 aromatic heterocycles. The van der Waals surface area contributed by atoms with E-state index in [1.54, 1.807) is 36.8 Å². The van der Waals surface area contributed by atoms with Crippen molar-refractivity contribution >= 4 is 17.3 Å². The Kier molecular flexibility index (Phi) is 3.00. The summed E-state index contributed by atoms with van der Waals surface area (Å²) in [6.45, 7) is 0.402. The average molecular weight is 231 g/mol. The molecule has 2 aromatic rings. The highest BCUT2D eigenvalue weighted by Crippen LogP contribution is 2.15. The molecule has 1 heterocycles. The Morgan fingerprint density at radius 3 is 2.76 bits per heavy atom. The fourth-order valence-electron chi connectivity index (χ4n) is 1.46. The fourth-order valence-corrected chi connectivity index (χ4v) is 1.46. The van der Waals surface area contributed by atoms with E-state index >= 15 is 0 Å². The Morgan fingerprint density at radius 1 is 1.29 bits per heavy atom. The number of nitrogens with one attached hydrogen (secondary N) is 1. The van der Waals surface area contributed by atoms with Crippen LogP contribution in [0.3, 0.4) is 0 Å². The van der Waals surface area contributed by atoms with E-state index in [0.29, 0.717) is 23.5 Å². The Labute approximate surface area is 98.4 Å². The first kappa shape index (κ1) is 11.1. The highest BCUT2D eigenvalue weighted by molar-refractivity contribution is 5.99. The van der Waals surface area contributed by atoms with Gasteiger partial charge in [-0.2, -0.15) is 0 Å². The Bertz CT molecular complexity index is 521. The van der Waals surface area contributed by atoms with Gasteiger partial charge in [-0.05, 0) is 24.3 Å². The van der Waals surface area contributed by atoms with Gasteiger partial charge in [-0.3, -0.25) is 4.79 Å². The van der Waals surface area contributed by atoms with Crippen LogP contribution in [0.5, 0.6) is 0 Å². The van der Waals surface area contributed by atoms with Gasteiger partial charge in [-0.1, -0.05) is 0 Å². The van der Waals surface area contributed by atoms with Gasteiger partial charge in [0.1, 0.15) is 0 Å². The summed E-state index contributed by atoms with van der Waals surface area (Å²) in [7, 11) is 0. The van der Waals surface area contributed by atoms with Gasteiger partial charge in [0.15, 0.2) is 0 Å². The van der Waals surface area contributed by atoms with Crippen molar-refractivity contribution in [3.8, 4) is 0 Å². The summed E-state index contributed by atoms with van der Waals surface area (Å²) in [6.07, 6.45) is 3.13. The van der Waals surface area contributed by atoms with Crippen molar-refractivity contribution in [2.24, 2.45) is 0 Å². The zero-order chi connectivity index (χ0) is 12.3. The van der Waals surface area contributed by atoms with Gasteiger partial charge in [-0.25, -0.2) is 0 Å². The number of nitrogens with two attached hydrogens (primary N) is 2. The third-order valence-corrected chi connectivity index (χ3v) is 2.35. The minimum Gasteiger partial charge on any atom is -0.472 e. The van der Waals surface area contributed by atoms with Crippen LogP contribution in [-0.2, 0) is 6.54 Å². The number of amides is 1. The maximum atomic E-state index is 11.8. The van der Waals surface area contributed by atoms with Gasteiger partial charge in [0.05, 0.1) is 18.1 Å². The molecule has 2 rings (SSSR count). The quantitative estimate of drug-likeness (QED) is 0.695. The number of hydrogen-bond acceptors (Lipinski definition) is 4. The van der Waals surface area contributed by atoms with E-state index in [1.165, 1.54) is 0 Å². The zero-order valence-electron chi connectivity index (χ0n) is 9.14. The Balaban J connectivity index is 2.04. The summed E-state index contributed by atoms with van der Waals surface area (Å²) < 4.78 is 4.90. The predicted molar refractivity (Wildman–Crippen MR) is 65.1 cm³/mol. The summed E-state index contributed by atoms with van der Waals surface area (Å²) in [4.78, 5) is 11.8. The summed E-state index contributed by atoms with van der Waals surface area (Å²) in [6, 6.07) is 6.60. The number of carbonyl (C=O) groups excluding carboxylic acids is 1. The molecule has 0 fully saturated rings. The number of benzene rings is 1. The smallest absolute Gasteiger partial charge is 0.253 e. The van der Waals surface area contributed by atoms with Crippen LogP contribution in [0.25, 0.3) is 0 Å². The molecule has 1 amide bonds. The second-order valence-corrected chi connectivity index (χ2v) is 3.66. The molecule has 0 radical (unpaired) electrons. The van der Waals surface area contributed by atoms with Gasteiger partial charge >= 0.3 is 0 Å². The van der Waals surface area contributed by atoms with E-state index in [-0.39, 0.29) is 5.91 Å². The summed E-state index contributed by atoms with van der Waals surface area (Å²) in [5.41, 5.74) is 13.5. The third-order valence-electron chi connectivity index (χ3n) is 2.35. The molecule has 0 saturated carbocycles. The van der Waals surface area contributed by atoms with Crippen LogP contribution >= 0.6 is 0 Å². The second kappa shape index (κ2) is 4.61. The normalized spacial score (nSPS) is 10.1. The number of rotatable bonds is 3. The molecule has 5 N–H and O–H groups in total. The lowest BCUT2D eigenvalue weighted by molar-refractivity contribution is 0.0952. The lowest BCUT2D eigenvalue weighted by Crippen LogP contribution is -2.23. The van der Waals surface area contributed by atoms with Crippen LogP contribution < -0.4 is 16.8 Å². The second-order valence-electron chi connectivity index (χ2n) is 3.66. The minimum absolute atomic E-state index is 0.233. The molecule has 0 spiro atoms. The van der Waals surface area contributed by atoms with Crippen molar-refractivity contribution in [2.45, 2.75) is 6.54 Å². The summed E-state index contributed by atoms with van der Waals surface area (Å²) in [5.74, 6) is -0.233. The van der Waals surface area contributed by atoms with Crippen molar-refractivity contribution in [1.82, 2.24) is 5.32 Å². The van der Waals surface area contributed by atoms with Gasteiger partial charge in [0.25, 0.3) is 5.91 Å². The highest BCUT2D eigenvalue weighted by atomic mass is 16.3. The monoisotopic (exact) mass is 231 g/mol. The van der Waals surface area contributed by atoms with Crippen molar-refractivity contribution < 1.29 is 9.21 Å². The molecule has 0 saturated heterocycles. The van der Waals surface area contributed by atoms with Gasteiger partial charge in [0.2, 0.25) is 0 Å². The van der Waals surface area contributed by atoms with E-state index in [2.05, 4.69) is 5.32 Å². The molecular formula is C12H13N3O2. The first-order valence-electron chi connectivity index (χ1n) is 5.11. The topological polar surface area (TPSA) is 94.3 Å². The first-order valence-corrected chi connectivity index (χ1v) is 5.11. The molecule has 88 valence electrons. The maximum absolute atomic E-state index is 11.8. The number of furan rings is 1. The number of nitrogen functional groups attached to an aromatic ring is 2. The van der Waals surface area contributed by atoms with Crippen LogP contribution in [0.2, 0.25) is 0 Å². The van der Waals surface area contributed by atoms with Gasteiger partial charge < -0.3 is 21.2 Å².